The van der Waals surface area contributed by atoms with Gasteiger partial charge in [-0.05, 0) is 42.9 Å². The minimum Gasteiger partial charge on any atom is -0.497 e. The van der Waals surface area contributed by atoms with Crippen LogP contribution in [0.25, 0.3) is 0 Å². The summed E-state index contributed by atoms with van der Waals surface area (Å²) in [5.41, 5.74) is 1.89. The van der Waals surface area contributed by atoms with Crippen LogP contribution in [0, 0.1) is 0 Å². The Morgan fingerprint density at radius 2 is 1.79 bits per heavy atom. The third-order valence-corrected chi connectivity index (χ3v) is 9.17. The van der Waals surface area contributed by atoms with E-state index in [-0.39, 0.29) is 17.3 Å². The maximum absolute atomic E-state index is 13.4. The molecule has 1 saturated heterocycles. The summed E-state index contributed by atoms with van der Waals surface area (Å²) in [5, 5.41) is 20.3. The second-order valence-corrected chi connectivity index (χ2v) is 11.2. The normalized spacial score (nSPS) is 21.7. The first-order chi connectivity index (χ1) is 16.2. The van der Waals surface area contributed by atoms with Gasteiger partial charge in [0.25, 0.3) is 11.8 Å². The van der Waals surface area contributed by atoms with Gasteiger partial charge in [-0.3, -0.25) is 14.8 Å². The number of thiophene rings is 1. The fourth-order valence-electron chi connectivity index (χ4n) is 4.11. The molecule has 184 valence electrons. The lowest BCUT2D eigenvalue weighted by molar-refractivity contribution is -0.137. The van der Waals surface area contributed by atoms with Gasteiger partial charge in [-0.25, -0.2) is 13.9 Å². The molecule has 0 unspecified atom stereocenters. The number of rotatable bonds is 5. The van der Waals surface area contributed by atoms with Gasteiger partial charge >= 0.3 is 0 Å². The van der Waals surface area contributed by atoms with Gasteiger partial charge in [0.05, 0.1) is 16.9 Å². The van der Waals surface area contributed by atoms with E-state index in [1.165, 1.54) is 36.9 Å². The number of aliphatic hydroxyl groups is 1. The molecule has 11 nitrogen and oxygen atoms in total. The number of methoxy groups -OCH3 is 1. The van der Waals surface area contributed by atoms with Crippen LogP contribution in [-0.4, -0.2) is 91.0 Å². The second-order valence-electron chi connectivity index (χ2n) is 8.19. The number of hydrogen-bond acceptors (Lipinski definition) is 9. The largest absolute Gasteiger partial charge is 0.497 e. The zero-order valence-corrected chi connectivity index (χ0v) is 20.3. The molecule has 2 aliphatic heterocycles. The van der Waals surface area contributed by atoms with Gasteiger partial charge in [-0.1, -0.05) is 0 Å². The van der Waals surface area contributed by atoms with Crippen LogP contribution in [0.2, 0.25) is 0 Å². The predicted octanol–water partition coefficient (Wildman–Crippen LogP) is 0.256. The zero-order chi connectivity index (χ0) is 24.6. The Bertz CT molecular complexity index is 1170. The Hall–Kier alpha value is -2.55. The highest BCUT2D eigenvalue weighted by Crippen LogP contribution is 2.40. The van der Waals surface area contributed by atoms with Crippen LogP contribution in [0.3, 0.4) is 0 Å². The summed E-state index contributed by atoms with van der Waals surface area (Å²) in [5.74, 6) is -0.822. The highest BCUT2D eigenvalue weighted by atomic mass is 32.2. The van der Waals surface area contributed by atoms with Crippen LogP contribution in [0.4, 0.5) is 0 Å². The highest BCUT2D eigenvalue weighted by Gasteiger charge is 2.46. The fourth-order valence-corrected chi connectivity index (χ4v) is 6.84. The van der Waals surface area contributed by atoms with E-state index in [9.17, 15) is 28.3 Å². The zero-order valence-electron chi connectivity index (χ0n) is 18.7. The second kappa shape index (κ2) is 9.60. The molecule has 0 bridgehead atoms. The van der Waals surface area contributed by atoms with Gasteiger partial charge in [0, 0.05) is 37.6 Å². The van der Waals surface area contributed by atoms with Gasteiger partial charge in [0.1, 0.15) is 17.9 Å². The Morgan fingerprint density at radius 3 is 2.38 bits per heavy atom. The quantitative estimate of drug-likeness (QED) is 0.384. The predicted molar refractivity (Wildman–Crippen MR) is 122 cm³/mol. The number of carbonyl (C=O) groups excluding carboxylic acids is 2. The number of amides is 2. The number of fused-ring (bicyclic) bond motifs is 1. The van der Waals surface area contributed by atoms with E-state index in [1.54, 1.807) is 11.0 Å². The average Bonchev–Trinajstić information content (AvgIpc) is 3.28. The van der Waals surface area contributed by atoms with E-state index >= 15 is 0 Å². The molecule has 0 saturated carbocycles. The van der Waals surface area contributed by atoms with Gasteiger partial charge in [-0.2, -0.15) is 4.31 Å². The standard InChI is InChI=1S/C21H26N4O7S2/c1-23-7-9-24(10-8-23)21(28)16-11-13-12-25(17(20(27)22-29)18(26)19(13)33-16)34(30,31)15-5-3-14(32-2)4-6-15/h3-6,11,17-18,26,29H,7-10,12H2,1-2H3,(H,22,27)/t17-,18-/m1/s1. The average molecular weight is 511 g/mol. The number of ether oxygens (including phenoxy) is 1. The summed E-state index contributed by atoms with van der Waals surface area (Å²) in [6.07, 6.45) is -1.57. The number of aliphatic hydroxyl groups excluding tert-OH is 1. The molecule has 1 aromatic carbocycles. The van der Waals surface area contributed by atoms with Gasteiger partial charge in [-0.15, -0.1) is 11.3 Å². The molecule has 2 aliphatic rings. The van der Waals surface area contributed by atoms with E-state index in [0.29, 0.717) is 34.2 Å². The van der Waals surface area contributed by atoms with Crippen molar-refractivity contribution in [1.29, 1.82) is 0 Å². The number of hydrogen-bond donors (Lipinski definition) is 3. The molecule has 1 aromatic heterocycles. The number of carbonyl (C=O) groups is 2. The van der Waals surface area contributed by atoms with E-state index in [2.05, 4.69) is 4.90 Å². The van der Waals surface area contributed by atoms with Gasteiger partial charge < -0.3 is 19.6 Å². The molecule has 3 N–H and O–H groups in total. The first kappa shape index (κ1) is 24.6. The summed E-state index contributed by atoms with van der Waals surface area (Å²) in [6, 6.07) is 5.57. The summed E-state index contributed by atoms with van der Waals surface area (Å²) in [4.78, 5) is 29.9. The van der Waals surface area contributed by atoms with E-state index in [4.69, 9.17) is 4.74 Å². The van der Waals surface area contributed by atoms with Crippen LogP contribution in [0.5, 0.6) is 5.75 Å². The Kier molecular flexibility index (Phi) is 6.94. The minimum absolute atomic E-state index is 0.108. The topological polar surface area (TPSA) is 140 Å². The van der Waals surface area contributed by atoms with Crippen molar-refractivity contribution in [2.45, 2.75) is 23.6 Å². The Morgan fingerprint density at radius 1 is 1.15 bits per heavy atom. The van der Waals surface area contributed by atoms with Crippen LogP contribution >= 0.6 is 11.3 Å². The Balaban J connectivity index is 1.69. The van der Waals surface area contributed by atoms with Crippen molar-refractivity contribution in [3.05, 3.63) is 45.6 Å². The molecule has 3 heterocycles. The molecule has 13 heteroatoms. The molecule has 2 atom stereocenters. The van der Waals surface area contributed by atoms with Crippen LogP contribution in [0.15, 0.2) is 35.2 Å². The molecule has 2 amide bonds. The molecular formula is C21H26N4O7S2. The molecule has 1 fully saturated rings. The molecule has 4 rings (SSSR count). The van der Waals surface area contributed by atoms with Crippen LogP contribution < -0.4 is 10.2 Å². The molecule has 0 radical (unpaired) electrons. The first-order valence-corrected chi connectivity index (χ1v) is 12.8. The van der Waals surface area contributed by atoms with E-state index < -0.39 is 28.1 Å². The summed E-state index contributed by atoms with van der Waals surface area (Å²) in [7, 11) is -0.827. The van der Waals surface area contributed by atoms with Crippen LogP contribution in [0.1, 0.15) is 26.2 Å². The molecule has 0 spiro atoms. The molecular weight excluding hydrogens is 484 g/mol. The number of nitrogens with zero attached hydrogens (tertiary/aromatic N) is 3. The fraction of sp³-hybridized carbons (Fsp3) is 0.429. The third kappa shape index (κ3) is 4.42. The van der Waals surface area contributed by atoms with E-state index in [1.807, 2.05) is 7.05 Å². The summed E-state index contributed by atoms with van der Waals surface area (Å²) >= 11 is 1.04. The lowest BCUT2D eigenvalue weighted by Crippen LogP contribution is -2.53. The summed E-state index contributed by atoms with van der Waals surface area (Å²) in [6.45, 7) is 2.37. The first-order valence-electron chi connectivity index (χ1n) is 10.6. The monoisotopic (exact) mass is 510 g/mol. The number of benzene rings is 1. The number of piperazine rings is 1. The lowest BCUT2D eigenvalue weighted by atomic mass is 10.0. The lowest BCUT2D eigenvalue weighted by Gasteiger charge is -2.36. The molecule has 0 aliphatic carbocycles. The maximum atomic E-state index is 13.4. The number of nitrogens with one attached hydrogen (secondary N) is 1. The number of sulfonamides is 1. The highest BCUT2D eigenvalue weighted by molar-refractivity contribution is 7.89. The van der Waals surface area contributed by atoms with Crippen molar-refractivity contribution in [2.24, 2.45) is 0 Å². The van der Waals surface area contributed by atoms with Crippen LogP contribution in [-0.2, 0) is 21.4 Å². The Labute approximate surface area is 201 Å². The summed E-state index contributed by atoms with van der Waals surface area (Å²) < 4.78 is 32.8. The SMILES string of the molecule is COc1ccc(S(=O)(=O)N2Cc3cc(C(=O)N4CCN(C)CC4)sc3[C@H](O)[C@@H]2C(=O)NO)cc1. The van der Waals surface area contributed by atoms with E-state index in [0.717, 1.165) is 28.7 Å². The van der Waals surface area contributed by atoms with Crippen molar-refractivity contribution in [1.82, 2.24) is 19.6 Å². The van der Waals surface area contributed by atoms with Crippen molar-refractivity contribution in [3.8, 4) is 5.75 Å². The van der Waals surface area contributed by atoms with Crippen molar-refractivity contribution in [2.75, 3.05) is 40.3 Å². The van der Waals surface area contributed by atoms with Crippen molar-refractivity contribution >= 4 is 33.2 Å². The van der Waals surface area contributed by atoms with Crippen molar-refractivity contribution in [3.63, 3.8) is 0 Å². The molecule has 34 heavy (non-hydrogen) atoms. The molecule has 2 aromatic rings. The van der Waals surface area contributed by atoms with Crippen molar-refractivity contribution < 1.29 is 33.1 Å². The van der Waals surface area contributed by atoms with Gasteiger partial charge in [0.2, 0.25) is 10.0 Å². The number of likely N-dealkylation sites (N-methyl/N-ethyl adjacent to an activating group) is 1. The smallest absolute Gasteiger partial charge is 0.264 e. The minimum atomic E-state index is -4.25. The maximum Gasteiger partial charge on any atom is 0.264 e. The number of hydroxylamine groups is 1. The van der Waals surface area contributed by atoms with Gasteiger partial charge in [0.15, 0.2) is 0 Å². The third-order valence-electron chi connectivity index (χ3n) is 6.09.